The summed E-state index contributed by atoms with van der Waals surface area (Å²) in [7, 11) is 1.18. The van der Waals surface area contributed by atoms with Gasteiger partial charge in [-0.25, -0.2) is 0 Å². The number of nitrogens with zero attached hydrogens (tertiary/aromatic N) is 1. The van der Waals surface area contributed by atoms with E-state index in [0.29, 0.717) is 17.4 Å². The summed E-state index contributed by atoms with van der Waals surface area (Å²) in [6.07, 6.45) is 86.9. The Morgan fingerprint density at radius 3 is 0.930 bits per heavy atom. The fraction of sp³-hybridized carbons (Fsp3) is 0.895. The predicted octanol–water partition coefficient (Wildman–Crippen LogP) is 24.0. The monoisotopic (exact) mass is 1230 g/mol. The molecule has 0 aromatic carbocycles. The van der Waals surface area contributed by atoms with Gasteiger partial charge in [-0.1, -0.05) is 359 Å². The average Bonchev–Trinajstić information content (AvgIpc) is 3.70. The molecule has 0 rings (SSSR count). The minimum Gasteiger partial charge on any atom is -0.756 e. The Morgan fingerprint density at radius 2 is 0.628 bits per heavy atom. The van der Waals surface area contributed by atoms with Crippen molar-refractivity contribution >= 4 is 19.8 Å². The number of esters is 2. The Hall–Kier alpha value is -1.77. The Morgan fingerprint density at radius 1 is 0.360 bits per heavy atom. The van der Waals surface area contributed by atoms with E-state index >= 15 is 0 Å². The van der Waals surface area contributed by atoms with E-state index in [1.54, 1.807) is 0 Å². The Balaban J connectivity index is 3.92. The maximum Gasteiger partial charge on any atom is 0.306 e. The molecule has 0 saturated carbocycles. The second-order valence-corrected chi connectivity index (χ2v) is 28.4. The van der Waals surface area contributed by atoms with E-state index in [1.807, 2.05) is 21.1 Å². The van der Waals surface area contributed by atoms with E-state index in [-0.39, 0.29) is 32.0 Å². The maximum atomic E-state index is 12.9. The molecule has 0 amide bonds. The summed E-state index contributed by atoms with van der Waals surface area (Å²) in [5, 5.41) is 0. The summed E-state index contributed by atoms with van der Waals surface area (Å²) >= 11 is 0. The lowest BCUT2D eigenvalue weighted by Gasteiger charge is -2.28. The first-order valence-electron chi connectivity index (χ1n) is 37.7. The van der Waals surface area contributed by atoms with E-state index < -0.39 is 26.5 Å². The number of quaternary nitrogens is 1. The quantitative estimate of drug-likeness (QED) is 0.0195. The number of rotatable bonds is 71. The van der Waals surface area contributed by atoms with E-state index in [9.17, 15) is 19.0 Å². The van der Waals surface area contributed by atoms with Crippen molar-refractivity contribution in [1.29, 1.82) is 0 Å². The zero-order valence-corrected chi connectivity index (χ0v) is 58.9. The number of phosphoric ester groups is 1. The highest BCUT2D eigenvalue weighted by Crippen LogP contribution is 2.38. The molecule has 0 fully saturated rings. The summed E-state index contributed by atoms with van der Waals surface area (Å²) in [6, 6.07) is 0. The largest absolute Gasteiger partial charge is 0.756 e. The van der Waals surface area contributed by atoms with Gasteiger partial charge in [0.25, 0.3) is 7.82 Å². The van der Waals surface area contributed by atoms with Crippen molar-refractivity contribution in [3.05, 3.63) is 36.5 Å². The fourth-order valence-electron chi connectivity index (χ4n) is 11.4. The van der Waals surface area contributed by atoms with Crippen molar-refractivity contribution in [1.82, 2.24) is 0 Å². The van der Waals surface area contributed by atoms with Crippen LogP contribution in [0.4, 0.5) is 0 Å². The second kappa shape index (κ2) is 67.6. The van der Waals surface area contributed by atoms with Crippen LogP contribution in [-0.4, -0.2) is 70.0 Å². The maximum absolute atomic E-state index is 12.9. The zero-order valence-electron chi connectivity index (χ0n) is 58.0. The number of hydrogen-bond donors (Lipinski definition) is 0. The van der Waals surface area contributed by atoms with Crippen molar-refractivity contribution < 1.29 is 42.1 Å². The first-order valence-corrected chi connectivity index (χ1v) is 39.2. The topological polar surface area (TPSA) is 111 Å². The molecule has 2 unspecified atom stereocenters. The number of hydrogen-bond acceptors (Lipinski definition) is 8. The minimum atomic E-state index is -4.64. The molecule has 0 spiro atoms. The average molecular weight is 1230 g/mol. The molecule has 0 aliphatic rings. The van der Waals surface area contributed by atoms with Crippen LogP contribution in [0.2, 0.25) is 0 Å². The van der Waals surface area contributed by atoms with Crippen LogP contribution in [0, 0.1) is 0 Å². The Labute approximate surface area is 535 Å². The molecule has 0 aliphatic carbocycles. The second-order valence-electron chi connectivity index (χ2n) is 27.0. The van der Waals surface area contributed by atoms with Gasteiger partial charge in [0.1, 0.15) is 19.8 Å². The summed E-state index contributed by atoms with van der Waals surface area (Å²) in [5.74, 6) is -0.818. The van der Waals surface area contributed by atoms with Crippen molar-refractivity contribution in [3.63, 3.8) is 0 Å². The number of unbranched alkanes of at least 4 members (excludes halogenated alkanes) is 51. The third kappa shape index (κ3) is 71.3. The molecule has 0 heterocycles. The van der Waals surface area contributed by atoms with Crippen molar-refractivity contribution in [2.24, 2.45) is 0 Å². The number of likely N-dealkylation sites (N-methyl/N-ethyl adjacent to an activating group) is 1. The van der Waals surface area contributed by atoms with Crippen LogP contribution in [0.25, 0.3) is 0 Å². The number of ether oxygens (including phenoxy) is 2. The van der Waals surface area contributed by atoms with E-state index in [4.69, 9.17) is 18.5 Å². The lowest BCUT2D eigenvalue weighted by Crippen LogP contribution is -2.37. The standard InChI is InChI=1S/C76H146NO8P/c1-6-8-10-12-14-16-18-20-22-24-26-28-30-32-33-34-35-36-37-38-39-40-41-42-43-45-46-48-50-52-54-56-58-60-62-64-66-68-75(78)82-72-74(73-84-86(80,81)83-71-70-77(3,4)5)85-76(79)69-67-65-63-61-59-57-55-53-51-49-47-44-31-29-27-25-23-21-19-17-15-13-11-9-7-2/h19,21,25,27,31,44,74H,6-18,20,22-24,26,28-30,32-43,45-73H2,1-5H3/b21-19-,27-25-,44-31-. The van der Waals surface area contributed by atoms with Crippen LogP contribution >= 0.6 is 7.82 Å². The van der Waals surface area contributed by atoms with E-state index in [0.717, 1.165) is 57.8 Å². The van der Waals surface area contributed by atoms with Crippen LogP contribution < -0.4 is 4.89 Å². The molecule has 0 bridgehead atoms. The molecule has 0 aromatic heterocycles. The molecule has 86 heavy (non-hydrogen) atoms. The van der Waals surface area contributed by atoms with Gasteiger partial charge in [0.2, 0.25) is 0 Å². The normalized spacial score (nSPS) is 13.2. The van der Waals surface area contributed by atoms with Gasteiger partial charge < -0.3 is 27.9 Å². The molecule has 508 valence electrons. The summed E-state index contributed by atoms with van der Waals surface area (Å²) < 4.78 is 34.4. The lowest BCUT2D eigenvalue weighted by molar-refractivity contribution is -0.870. The van der Waals surface area contributed by atoms with Gasteiger partial charge in [0.05, 0.1) is 27.7 Å². The number of phosphoric acid groups is 1. The Bertz CT molecular complexity index is 1540. The summed E-state index contributed by atoms with van der Waals surface area (Å²) in [5.41, 5.74) is 0. The lowest BCUT2D eigenvalue weighted by atomic mass is 10.0. The molecule has 2 atom stereocenters. The van der Waals surface area contributed by atoms with Gasteiger partial charge >= 0.3 is 11.9 Å². The molecule has 0 N–H and O–H groups in total. The molecule has 0 radical (unpaired) electrons. The molecular weight excluding hydrogens is 1090 g/mol. The molecule has 0 saturated heterocycles. The first-order chi connectivity index (χ1) is 42.0. The van der Waals surface area contributed by atoms with Gasteiger partial charge in [-0.2, -0.15) is 0 Å². The van der Waals surface area contributed by atoms with Crippen molar-refractivity contribution in [3.8, 4) is 0 Å². The van der Waals surface area contributed by atoms with Crippen LogP contribution in [0.1, 0.15) is 386 Å². The van der Waals surface area contributed by atoms with Crippen LogP contribution in [0.5, 0.6) is 0 Å². The smallest absolute Gasteiger partial charge is 0.306 e. The third-order valence-electron chi connectivity index (χ3n) is 17.2. The molecule has 9 nitrogen and oxygen atoms in total. The van der Waals surface area contributed by atoms with E-state index in [1.165, 1.54) is 295 Å². The fourth-order valence-corrected chi connectivity index (χ4v) is 12.1. The highest BCUT2D eigenvalue weighted by Gasteiger charge is 2.22. The van der Waals surface area contributed by atoms with Gasteiger partial charge in [0, 0.05) is 12.8 Å². The number of carbonyl (C=O) groups excluding carboxylic acids is 2. The third-order valence-corrected chi connectivity index (χ3v) is 18.1. The summed E-state index contributed by atoms with van der Waals surface area (Å²) in [6.45, 7) is 4.29. The molecule has 10 heteroatoms. The van der Waals surface area contributed by atoms with Crippen LogP contribution in [-0.2, 0) is 32.7 Å². The van der Waals surface area contributed by atoms with E-state index in [2.05, 4.69) is 50.3 Å². The molecule has 0 aliphatic heterocycles. The number of allylic oxidation sites excluding steroid dienone is 6. The first kappa shape index (κ1) is 84.2. The highest BCUT2D eigenvalue weighted by molar-refractivity contribution is 7.45. The van der Waals surface area contributed by atoms with Gasteiger partial charge in [-0.05, 0) is 51.4 Å². The van der Waals surface area contributed by atoms with Crippen LogP contribution in [0.15, 0.2) is 36.5 Å². The summed E-state index contributed by atoms with van der Waals surface area (Å²) in [4.78, 5) is 38.1. The van der Waals surface area contributed by atoms with Crippen molar-refractivity contribution in [2.75, 3.05) is 47.5 Å². The predicted molar refractivity (Wildman–Crippen MR) is 370 cm³/mol. The van der Waals surface area contributed by atoms with Gasteiger partial charge in [0.15, 0.2) is 6.10 Å². The van der Waals surface area contributed by atoms with Gasteiger partial charge in [-0.3, -0.25) is 14.2 Å². The Kier molecular flexibility index (Phi) is 66.2. The number of carbonyl (C=O) groups is 2. The molecule has 0 aromatic rings. The van der Waals surface area contributed by atoms with Crippen molar-refractivity contribution in [2.45, 2.75) is 392 Å². The molecular formula is C76H146NO8P. The van der Waals surface area contributed by atoms with Gasteiger partial charge in [-0.15, -0.1) is 0 Å². The SMILES string of the molecule is CCCCCCC/C=C\C/C=C\C/C=C\CCCCCCCCCCCCC(=O)OC(COC(=O)CCCCCCCCCCCCCCCCCCCCCCCCCCCCCCCCCCCCCCC)COP(=O)([O-])OCC[N+](C)(C)C. The van der Waals surface area contributed by atoms with Crippen LogP contribution in [0.3, 0.4) is 0 Å². The minimum absolute atomic E-state index is 0.0299. The zero-order chi connectivity index (χ0) is 62.6. The highest BCUT2D eigenvalue weighted by atomic mass is 31.2.